The molecule has 1 heterocycles. The van der Waals surface area contributed by atoms with E-state index in [0.717, 1.165) is 27.2 Å². The van der Waals surface area contributed by atoms with Gasteiger partial charge in [-0.15, -0.1) is 0 Å². The highest BCUT2D eigenvalue weighted by Gasteiger charge is 2.23. The molecule has 0 radical (unpaired) electrons. The lowest BCUT2D eigenvalue weighted by Gasteiger charge is -2.20. The minimum absolute atomic E-state index is 0.165. The van der Waals surface area contributed by atoms with Gasteiger partial charge in [0.15, 0.2) is 5.78 Å². The highest BCUT2D eigenvalue weighted by Crippen LogP contribution is 2.23. The average molecular weight is 477 g/mol. The number of fused-ring (bicyclic) bond motifs is 2. The molecule has 0 unspecified atom stereocenters. The number of carbonyl (C=O) groups is 1. The Labute approximate surface area is 202 Å². The van der Waals surface area contributed by atoms with Gasteiger partial charge in [0.25, 0.3) is 0 Å². The molecule has 0 aliphatic rings. The Morgan fingerprint density at radius 3 is 2.06 bits per heavy atom. The van der Waals surface area contributed by atoms with E-state index in [1.54, 1.807) is 18.3 Å². The second kappa shape index (κ2) is 9.65. The Morgan fingerprint density at radius 1 is 0.765 bits per heavy atom. The van der Waals surface area contributed by atoms with Crippen LogP contribution < -0.4 is 4.72 Å². The maximum Gasteiger partial charge on any atom is 0.241 e. The number of ketones is 1. The van der Waals surface area contributed by atoms with Crippen molar-refractivity contribution in [2.75, 3.05) is 0 Å². The zero-order valence-corrected chi connectivity index (χ0v) is 21.4. The highest BCUT2D eigenvalue weighted by atomic mass is 32.2. The number of nitrogens with one attached hydrogen (secondary N) is 1. The fourth-order valence-electron chi connectivity index (χ4n) is 3.45. The first-order valence-electron chi connectivity index (χ1n) is 11.2. The van der Waals surface area contributed by atoms with Crippen LogP contribution in [0.15, 0.2) is 83.9 Å². The summed E-state index contributed by atoms with van der Waals surface area (Å²) >= 11 is 0. The van der Waals surface area contributed by atoms with E-state index in [1.807, 2.05) is 102 Å². The summed E-state index contributed by atoms with van der Waals surface area (Å²) in [7, 11) is -3.46. The quantitative estimate of drug-likeness (QED) is 0.348. The van der Waals surface area contributed by atoms with Crippen molar-refractivity contribution in [3.05, 3.63) is 84.6 Å². The van der Waals surface area contributed by atoms with Gasteiger partial charge in [0, 0.05) is 28.1 Å². The molecule has 178 valence electrons. The van der Waals surface area contributed by atoms with Crippen molar-refractivity contribution >= 4 is 37.5 Å². The molecule has 5 nitrogen and oxygen atoms in total. The van der Waals surface area contributed by atoms with Crippen LogP contribution in [-0.4, -0.2) is 24.7 Å². The van der Waals surface area contributed by atoms with Crippen LogP contribution in [0.3, 0.4) is 0 Å². The van der Waals surface area contributed by atoms with Crippen molar-refractivity contribution in [1.82, 2.24) is 9.71 Å². The van der Waals surface area contributed by atoms with Crippen molar-refractivity contribution < 1.29 is 13.2 Å². The molecule has 0 atom stereocenters. The molecular weight excluding hydrogens is 444 g/mol. The van der Waals surface area contributed by atoms with Crippen molar-refractivity contribution in [2.24, 2.45) is 5.41 Å². The average Bonchev–Trinajstić information content (AvgIpc) is 2.76. The third kappa shape index (κ3) is 6.49. The molecule has 0 bridgehead atoms. The molecule has 0 amide bonds. The van der Waals surface area contributed by atoms with Crippen LogP contribution in [0, 0.1) is 5.41 Å². The number of hydrogen-bond donors (Lipinski definition) is 1. The molecule has 0 aliphatic carbocycles. The molecule has 0 spiro atoms. The van der Waals surface area contributed by atoms with Crippen molar-refractivity contribution in [1.29, 1.82) is 0 Å². The molecule has 4 aromatic rings. The number of Topliss-reactive ketones (excluding diaryl/α,β-unsaturated/α-hetero) is 1. The number of nitrogens with zero attached hydrogens (tertiary/aromatic N) is 1. The second-order valence-electron chi connectivity index (χ2n) is 10.4. The monoisotopic (exact) mass is 476 g/mol. The fourth-order valence-corrected chi connectivity index (χ4v) is 4.90. The molecule has 6 heteroatoms. The molecule has 3 aromatic carbocycles. The van der Waals surface area contributed by atoms with Crippen LogP contribution in [0.4, 0.5) is 0 Å². The van der Waals surface area contributed by atoms with Gasteiger partial charge in [-0.25, -0.2) is 13.1 Å². The van der Waals surface area contributed by atoms with Gasteiger partial charge in [-0.3, -0.25) is 9.78 Å². The topological polar surface area (TPSA) is 76.1 Å². The lowest BCUT2D eigenvalue weighted by Crippen LogP contribution is -2.40. The standard InChI is InChI=1S/C14H17NO2S.C14H15NO/c1-14(2,3)15-18(16,17)13-9-8-11-6-4-5-7-12(11)10-13;1-14(2,3)13(16)11-6-7-12-10(9-11)5-4-8-15-12/h4-10,15H,1-3H3;4-9H,1-3H3. The van der Waals surface area contributed by atoms with Gasteiger partial charge in [0.1, 0.15) is 0 Å². The lowest BCUT2D eigenvalue weighted by atomic mass is 9.86. The van der Waals surface area contributed by atoms with Gasteiger partial charge in [-0.1, -0.05) is 57.2 Å². The summed E-state index contributed by atoms with van der Waals surface area (Å²) in [5.41, 5.74) is 0.862. The smallest absolute Gasteiger partial charge is 0.241 e. The summed E-state index contributed by atoms with van der Waals surface area (Å²) in [5.74, 6) is 0.165. The van der Waals surface area contributed by atoms with E-state index in [4.69, 9.17) is 0 Å². The van der Waals surface area contributed by atoms with Crippen molar-refractivity contribution in [3.63, 3.8) is 0 Å². The summed E-state index contributed by atoms with van der Waals surface area (Å²) in [6.45, 7) is 11.3. The summed E-state index contributed by atoms with van der Waals surface area (Å²) < 4.78 is 27.0. The van der Waals surface area contributed by atoms with Gasteiger partial charge in [-0.2, -0.15) is 0 Å². The van der Waals surface area contributed by atoms with Gasteiger partial charge >= 0.3 is 0 Å². The molecule has 1 aromatic heterocycles. The summed E-state index contributed by atoms with van der Waals surface area (Å²) in [6, 6.07) is 22.4. The molecule has 4 rings (SSSR count). The molecule has 0 fully saturated rings. The van der Waals surface area contributed by atoms with E-state index in [2.05, 4.69) is 9.71 Å². The molecule has 1 N–H and O–H groups in total. The van der Waals surface area contributed by atoms with Gasteiger partial charge in [-0.05, 0) is 67.9 Å². The summed E-state index contributed by atoms with van der Waals surface area (Å²) in [4.78, 5) is 16.6. The first-order chi connectivity index (χ1) is 15.8. The molecule has 0 saturated heterocycles. The van der Waals surface area contributed by atoms with E-state index in [1.165, 1.54) is 0 Å². The van der Waals surface area contributed by atoms with E-state index in [-0.39, 0.29) is 11.2 Å². The van der Waals surface area contributed by atoms with Crippen LogP contribution >= 0.6 is 0 Å². The van der Waals surface area contributed by atoms with Gasteiger partial charge < -0.3 is 0 Å². The minimum atomic E-state index is -3.46. The Kier molecular flexibility index (Phi) is 7.24. The van der Waals surface area contributed by atoms with Crippen LogP contribution in [0.2, 0.25) is 0 Å². The first kappa shape index (κ1) is 25.5. The van der Waals surface area contributed by atoms with E-state index in [9.17, 15) is 13.2 Å². The first-order valence-corrected chi connectivity index (χ1v) is 12.7. The van der Waals surface area contributed by atoms with Crippen LogP contribution in [0.1, 0.15) is 51.9 Å². The number of carbonyl (C=O) groups excluding carboxylic acids is 1. The zero-order valence-electron chi connectivity index (χ0n) is 20.6. The maximum absolute atomic E-state index is 12.2. The number of pyridine rings is 1. The zero-order chi connectivity index (χ0) is 25.1. The number of hydrogen-bond acceptors (Lipinski definition) is 4. The number of benzene rings is 3. The summed E-state index contributed by atoms with van der Waals surface area (Å²) in [5, 5.41) is 2.97. The maximum atomic E-state index is 12.2. The third-order valence-electron chi connectivity index (χ3n) is 5.02. The van der Waals surface area contributed by atoms with Crippen LogP contribution in [0.25, 0.3) is 21.7 Å². The van der Waals surface area contributed by atoms with Gasteiger partial charge in [0.05, 0.1) is 10.4 Å². The van der Waals surface area contributed by atoms with E-state index < -0.39 is 15.6 Å². The van der Waals surface area contributed by atoms with Crippen molar-refractivity contribution in [2.45, 2.75) is 52.0 Å². The number of sulfonamides is 1. The second-order valence-corrected chi connectivity index (χ2v) is 12.0. The Bertz CT molecular complexity index is 1430. The SMILES string of the molecule is CC(C)(C)C(=O)c1ccc2ncccc2c1.CC(C)(C)NS(=O)(=O)c1ccc2ccccc2c1. The normalized spacial score (nSPS) is 12.3. The molecule has 0 aliphatic heterocycles. The summed E-state index contributed by atoms with van der Waals surface area (Å²) in [6.07, 6.45) is 1.76. The predicted molar refractivity (Wildman–Crippen MR) is 140 cm³/mol. The largest absolute Gasteiger partial charge is 0.294 e. The van der Waals surface area contributed by atoms with Crippen LogP contribution in [-0.2, 0) is 10.0 Å². The highest BCUT2D eigenvalue weighted by molar-refractivity contribution is 7.89. The molecular formula is C28H32N2O3S. The fraction of sp³-hybridized carbons (Fsp3) is 0.286. The Hall–Kier alpha value is -3.09. The Morgan fingerprint density at radius 2 is 1.41 bits per heavy atom. The molecule has 34 heavy (non-hydrogen) atoms. The van der Waals surface area contributed by atoms with Crippen molar-refractivity contribution in [3.8, 4) is 0 Å². The van der Waals surface area contributed by atoms with E-state index in [0.29, 0.717) is 4.90 Å². The molecule has 0 saturated carbocycles. The number of aromatic nitrogens is 1. The lowest BCUT2D eigenvalue weighted by molar-refractivity contribution is 0.0858. The minimum Gasteiger partial charge on any atom is -0.294 e. The van der Waals surface area contributed by atoms with Gasteiger partial charge in [0.2, 0.25) is 10.0 Å². The third-order valence-corrected chi connectivity index (χ3v) is 6.77. The van der Waals surface area contributed by atoms with Crippen LogP contribution in [0.5, 0.6) is 0 Å². The Balaban J connectivity index is 0.000000192. The predicted octanol–water partition coefficient (Wildman–Crippen LogP) is 6.38. The number of rotatable bonds is 3. The van der Waals surface area contributed by atoms with E-state index >= 15 is 0 Å².